The van der Waals surface area contributed by atoms with E-state index in [1.807, 2.05) is 37.3 Å². The summed E-state index contributed by atoms with van der Waals surface area (Å²) in [6, 6.07) is 12.9. The second kappa shape index (κ2) is 7.25. The zero-order valence-electron chi connectivity index (χ0n) is 13.8. The SMILES string of the molecule is CC(NC(C)c1cc2ccccc2o1)C(=O)Nc1cc(Cl)ccc1F. The molecule has 2 aromatic carbocycles. The quantitative estimate of drug-likeness (QED) is 0.680. The molecule has 0 spiro atoms. The number of anilines is 1. The normalized spacial score (nSPS) is 13.6. The third-order valence-electron chi connectivity index (χ3n) is 3.95. The third kappa shape index (κ3) is 4.00. The molecule has 0 fully saturated rings. The number of hydrogen-bond acceptors (Lipinski definition) is 3. The lowest BCUT2D eigenvalue weighted by Gasteiger charge is -2.18. The molecular weight excluding hydrogens is 343 g/mol. The molecular formula is C19H18ClFN2O2. The van der Waals surface area contributed by atoms with Crippen molar-refractivity contribution in [2.75, 3.05) is 5.32 Å². The number of rotatable bonds is 5. The van der Waals surface area contributed by atoms with E-state index in [0.717, 1.165) is 16.7 Å². The van der Waals surface area contributed by atoms with Crippen molar-refractivity contribution in [3.63, 3.8) is 0 Å². The van der Waals surface area contributed by atoms with Crippen molar-refractivity contribution in [3.05, 3.63) is 65.1 Å². The zero-order valence-corrected chi connectivity index (χ0v) is 14.6. The minimum absolute atomic E-state index is 0.0579. The van der Waals surface area contributed by atoms with Crippen molar-refractivity contribution in [2.45, 2.75) is 25.9 Å². The maximum Gasteiger partial charge on any atom is 0.241 e. The van der Waals surface area contributed by atoms with Gasteiger partial charge >= 0.3 is 0 Å². The van der Waals surface area contributed by atoms with Gasteiger partial charge in [-0.15, -0.1) is 0 Å². The van der Waals surface area contributed by atoms with Crippen LogP contribution in [-0.2, 0) is 4.79 Å². The van der Waals surface area contributed by atoms with Crippen LogP contribution in [0, 0.1) is 5.82 Å². The van der Waals surface area contributed by atoms with Crippen molar-refractivity contribution < 1.29 is 13.6 Å². The van der Waals surface area contributed by atoms with Crippen LogP contribution in [0.5, 0.6) is 0 Å². The Kier molecular flexibility index (Phi) is 5.06. The lowest BCUT2D eigenvalue weighted by Crippen LogP contribution is -2.39. The molecule has 6 heteroatoms. The number of benzene rings is 2. The molecule has 2 unspecified atom stereocenters. The molecule has 1 amide bonds. The molecule has 1 heterocycles. The van der Waals surface area contributed by atoms with E-state index in [4.69, 9.17) is 16.0 Å². The van der Waals surface area contributed by atoms with Crippen LogP contribution in [0.25, 0.3) is 11.0 Å². The predicted octanol–water partition coefficient (Wildman–Crippen LogP) is 4.90. The van der Waals surface area contributed by atoms with E-state index in [2.05, 4.69) is 10.6 Å². The Morgan fingerprint density at radius 3 is 2.68 bits per heavy atom. The van der Waals surface area contributed by atoms with Gasteiger partial charge in [-0.25, -0.2) is 4.39 Å². The lowest BCUT2D eigenvalue weighted by molar-refractivity contribution is -0.118. The Labute approximate surface area is 150 Å². The van der Waals surface area contributed by atoms with Gasteiger partial charge in [0, 0.05) is 10.4 Å². The van der Waals surface area contributed by atoms with E-state index < -0.39 is 11.9 Å². The van der Waals surface area contributed by atoms with Gasteiger partial charge in [-0.1, -0.05) is 29.8 Å². The molecule has 1 aromatic heterocycles. The molecule has 3 rings (SSSR count). The van der Waals surface area contributed by atoms with E-state index in [9.17, 15) is 9.18 Å². The Morgan fingerprint density at radius 2 is 1.92 bits per heavy atom. The average molecular weight is 361 g/mol. The summed E-state index contributed by atoms with van der Waals surface area (Å²) in [4.78, 5) is 12.3. The summed E-state index contributed by atoms with van der Waals surface area (Å²) in [5.41, 5.74) is 0.854. The molecule has 2 N–H and O–H groups in total. The molecule has 0 bridgehead atoms. The van der Waals surface area contributed by atoms with Crippen molar-refractivity contribution in [3.8, 4) is 0 Å². The molecule has 0 aliphatic heterocycles. The summed E-state index contributed by atoms with van der Waals surface area (Å²) in [6.07, 6.45) is 0. The number of carbonyl (C=O) groups is 1. The van der Waals surface area contributed by atoms with Crippen LogP contribution in [0.3, 0.4) is 0 Å². The van der Waals surface area contributed by atoms with Crippen LogP contribution >= 0.6 is 11.6 Å². The van der Waals surface area contributed by atoms with Crippen LogP contribution in [0.2, 0.25) is 5.02 Å². The molecule has 0 saturated carbocycles. The highest BCUT2D eigenvalue weighted by molar-refractivity contribution is 6.30. The fourth-order valence-electron chi connectivity index (χ4n) is 2.58. The Bertz CT molecular complexity index is 876. The minimum Gasteiger partial charge on any atom is -0.459 e. The first-order valence-electron chi connectivity index (χ1n) is 7.94. The second-order valence-corrected chi connectivity index (χ2v) is 6.35. The van der Waals surface area contributed by atoms with E-state index in [0.29, 0.717) is 5.02 Å². The maximum absolute atomic E-state index is 13.7. The van der Waals surface area contributed by atoms with E-state index in [1.165, 1.54) is 18.2 Å². The standard InChI is InChI=1S/C19H18ClFN2O2/c1-11(18-9-13-5-3-4-6-17(13)25-18)22-12(2)19(24)23-16-10-14(20)7-8-15(16)21/h3-12,22H,1-2H3,(H,23,24). The van der Waals surface area contributed by atoms with Gasteiger partial charge in [-0.3, -0.25) is 10.1 Å². The highest BCUT2D eigenvalue weighted by atomic mass is 35.5. The summed E-state index contributed by atoms with van der Waals surface area (Å²) in [7, 11) is 0. The first-order chi connectivity index (χ1) is 11.9. The first kappa shape index (κ1) is 17.5. The largest absolute Gasteiger partial charge is 0.459 e. The second-order valence-electron chi connectivity index (χ2n) is 5.91. The summed E-state index contributed by atoms with van der Waals surface area (Å²) in [6.45, 7) is 3.61. The molecule has 2 atom stereocenters. The molecule has 25 heavy (non-hydrogen) atoms. The van der Waals surface area contributed by atoms with Gasteiger partial charge in [0.05, 0.1) is 17.8 Å². The number of amides is 1. The number of carbonyl (C=O) groups excluding carboxylic acids is 1. The Balaban J connectivity index is 1.67. The maximum atomic E-state index is 13.7. The number of furan rings is 1. The first-order valence-corrected chi connectivity index (χ1v) is 8.32. The molecule has 0 saturated heterocycles. The van der Waals surface area contributed by atoms with Crippen LogP contribution in [-0.4, -0.2) is 11.9 Å². The van der Waals surface area contributed by atoms with Gasteiger partial charge in [-0.05, 0) is 44.2 Å². The Morgan fingerprint density at radius 1 is 1.16 bits per heavy atom. The number of hydrogen-bond donors (Lipinski definition) is 2. The smallest absolute Gasteiger partial charge is 0.241 e. The van der Waals surface area contributed by atoms with Crippen LogP contribution in [0.1, 0.15) is 25.6 Å². The van der Waals surface area contributed by atoms with Crippen molar-refractivity contribution in [1.29, 1.82) is 0 Å². The van der Waals surface area contributed by atoms with Gasteiger partial charge in [0.15, 0.2) is 0 Å². The summed E-state index contributed by atoms with van der Waals surface area (Å²) in [5.74, 6) is -0.158. The molecule has 0 aliphatic rings. The number of para-hydroxylation sites is 1. The van der Waals surface area contributed by atoms with Gasteiger partial charge < -0.3 is 9.73 Å². The summed E-state index contributed by atoms with van der Waals surface area (Å²) >= 11 is 5.84. The average Bonchev–Trinajstić information content (AvgIpc) is 3.02. The van der Waals surface area contributed by atoms with Crippen molar-refractivity contribution in [2.24, 2.45) is 0 Å². The summed E-state index contributed by atoms with van der Waals surface area (Å²) < 4.78 is 19.5. The predicted molar refractivity (Wildman–Crippen MR) is 97.3 cm³/mol. The minimum atomic E-state index is -0.554. The van der Waals surface area contributed by atoms with E-state index in [1.54, 1.807) is 6.92 Å². The molecule has 3 aromatic rings. The number of fused-ring (bicyclic) bond motifs is 1. The van der Waals surface area contributed by atoms with Gasteiger partial charge in [0.1, 0.15) is 17.2 Å². The monoisotopic (exact) mass is 360 g/mol. The van der Waals surface area contributed by atoms with Crippen LogP contribution in [0.15, 0.2) is 52.9 Å². The molecule has 0 radical (unpaired) electrons. The fraction of sp³-hybridized carbons (Fsp3) is 0.211. The highest BCUT2D eigenvalue weighted by Crippen LogP contribution is 2.24. The molecule has 0 aliphatic carbocycles. The Hall–Kier alpha value is -2.37. The van der Waals surface area contributed by atoms with Crippen molar-refractivity contribution >= 4 is 34.2 Å². The fourth-order valence-corrected chi connectivity index (χ4v) is 2.75. The van der Waals surface area contributed by atoms with E-state index >= 15 is 0 Å². The highest BCUT2D eigenvalue weighted by Gasteiger charge is 2.19. The van der Waals surface area contributed by atoms with Gasteiger partial charge in [-0.2, -0.15) is 0 Å². The number of nitrogens with one attached hydrogen (secondary N) is 2. The van der Waals surface area contributed by atoms with Gasteiger partial charge in [0.2, 0.25) is 5.91 Å². The van der Waals surface area contributed by atoms with Crippen LogP contribution < -0.4 is 10.6 Å². The van der Waals surface area contributed by atoms with E-state index in [-0.39, 0.29) is 17.6 Å². The third-order valence-corrected chi connectivity index (χ3v) is 4.19. The van der Waals surface area contributed by atoms with Crippen molar-refractivity contribution in [1.82, 2.24) is 5.32 Å². The molecule has 130 valence electrons. The summed E-state index contributed by atoms with van der Waals surface area (Å²) in [5, 5.41) is 7.05. The number of halogens is 2. The van der Waals surface area contributed by atoms with Crippen LogP contribution in [0.4, 0.5) is 10.1 Å². The molecule has 4 nitrogen and oxygen atoms in total. The lowest BCUT2D eigenvalue weighted by atomic mass is 10.2. The topological polar surface area (TPSA) is 54.3 Å². The zero-order chi connectivity index (χ0) is 18.0. The van der Waals surface area contributed by atoms with Gasteiger partial charge in [0.25, 0.3) is 0 Å².